The summed E-state index contributed by atoms with van der Waals surface area (Å²) >= 11 is 1.27. The van der Waals surface area contributed by atoms with Crippen molar-refractivity contribution in [2.24, 2.45) is 0 Å². The summed E-state index contributed by atoms with van der Waals surface area (Å²) in [6.45, 7) is 0.407. The molecule has 8 nitrogen and oxygen atoms in total. The Morgan fingerprint density at radius 2 is 1.97 bits per heavy atom. The number of ether oxygens (including phenoxy) is 2. The summed E-state index contributed by atoms with van der Waals surface area (Å²) in [7, 11) is 0. The predicted octanol–water partition coefficient (Wildman–Crippen LogP) is 1.59. The standard InChI is InChI=1S/C20H23NO7S/c22-9-10-28-20(26)17-7-6-16(29-17)12-27-11-15-5-8-18(23)21(15)14-3-1-13(2-4-14)19(24)25/h1-4,6-7,15,19,22,24-25H,5,8-12H2. The first kappa shape index (κ1) is 21.4. The predicted molar refractivity (Wildman–Crippen MR) is 105 cm³/mol. The van der Waals surface area contributed by atoms with Crippen molar-refractivity contribution in [1.29, 1.82) is 0 Å². The highest BCUT2D eigenvalue weighted by molar-refractivity contribution is 7.13. The van der Waals surface area contributed by atoms with Crippen LogP contribution in [0.3, 0.4) is 0 Å². The number of aliphatic hydroxyl groups is 3. The molecule has 0 bridgehead atoms. The number of hydrogen-bond donors (Lipinski definition) is 3. The van der Waals surface area contributed by atoms with Gasteiger partial charge in [0.25, 0.3) is 0 Å². The quantitative estimate of drug-likeness (QED) is 0.416. The van der Waals surface area contributed by atoms with Crippen LogP contribution >= 0.6 is 11.3 Å². The van der Waals surface area contributed by atoms with E-state index in [0.717, 1.165) is 4.88 Å². The van der Waals surface area contributed by atoms with Gasteiger partial charge in [0.05, 0.1) is 25.9 Å². The molecular weight excluding hydrogens is 398 g/mol. The van der Waals surface area contributed by atoms with E-state index in [0.29, 0.717) is 42.2 Å². The SMILES string of the molecule is O=C(OCCO)c1ccc(COCC2CCC(=O)N2c2ccc(C(O)O)cc2)s1. The molecule has 0 radical (unpaired) electrons. The minimum Gasteiger partial charge on any atom is -0.459 e. The van der Waals surface area contributed by atoms with Crippen LogP contribution in [-0.4, -0.2) is 53.1 Å². The molecule has 3 rings (SSSR count). The Morgan fingerprint density at radius 1 is 1.21 bits per heavy atom. The fourth-order valence-corrected chi connectivity index (χ4v) is 3.97. The summed E-state index contributed by atoms with van der Waals surface area (Å²) in [5.41, 5.74) is 1.05. The van der Waals surface area contributed by atoms with E-state index in [1.54, 1.807) is 41.3 Å². The van der Waals surface area contributed by atoms with E-state index < -0.39 is 12.3 Å². The van der Waals surface area contributed by atoms with E-state index in [1.165, 1.54) is 11.3 Å². The first-order valence-electron chi connectivity index (χ1n) is 9.22. The summed E-state index contributed by atoms with van der Waals surface area (Å²) in [5, 5.41) is 27.1. The first-order chi connectivity index (χ1) is 14.0. The zero-order chi connectivity index (χ0) is 20.8. The lowest BCUT2D eigenvalue weighted by atomic mass is 10.1. The number of carbonyl (C=O) groups is 2. The monoisotopic (exact) mass is 421 g/mol. The molecule has 1 aliphatic heterocycles. The van der Waals surface area contributed by atoms with E-state index in [9.17, 15) is 19.8 Å². The molecule has 0 spiro atoms. The lowest BCUT2D eigenvalue weighted by Gasteiger charge is -2.25. The maximum atomic E-state index is 12.3. The number of carbonyl (C=O) groups excluding carboxylic acids is 2. The van der Waals surface area contributed by atoms with Crippen molar-refractivity contribution < 1.29 is 34.4 Å². The van der Waals surface area contributed by atoms with Crippen molar-refractivity contribution in [2.75, 3.05) is 24.7 Å². The van der Waals surface area contributed by atoms with Gasteiger partial charge < -0.3 is 29.7 Å². The highest BCUT2D eigenvalue weighted by Crippen LogP contribution is 2.28. The Bertz CT molecular complexity index is 834. The van der Waals surface area contributed by atoms with Crippen LogP contribution in [-0.2, 0) is 20.9 Å². The van der Waals surface area contributed by atoms with Gasteiger partial charge in [-0.3, -0.25) is 4.79 Å². The average molecular weight is 421 g/mol. The number of benzene rings is 1. The summed E-state index contributed by atoms with van der Waals surface area (Å²) in [6.07, 6.45) is -0.445. The van der Waals surface area contributed by atoms with Crippen molar-refractivity contribution in [3.8, 4) is 0 Å². The van der Waals surface area contributed by atoms with Gasteiger partial charge in [-0.15, -0.1) is 11.3 Å². The molecule has 3 N–H and O–H groups in total. The van der Waals surface area contributed by atoms with E-state index in [1.807, 2.05) is 0 Å². The third-order valence-corrected chi connectivity index (χ3v) is 5.58. The second-order valence-electron chi connectivity index (χ2n) is 6.56. The fraction of sp³-hybridized carbons (Fsp3) is 0.400. The number of thiophene rings is 1. The van der Waals surface area contributed by atoms with Crippen LogP contribution in [0.1, 0.15) is 39.2 Å². The van der Waals surface area contributed by atoms with Crippen LogP contribution in [0.15, 0.2) is 36.4 Å². The van der Waals surface area contributed by atoms with Gasteiger partial charge in [-0.1, -0.05) is 12.1 Å². The summed E-state index contributed by atoms with van der Waals surface area (Å²) < 4.78 is 10.7. The van der Waals surface area contributed by atoms with Gasteiger partial charge in [0.2, 0.25) is 5.91 Å². The van der Waals surface area contributed by atoms with Crippen LogP contribution < -0.4 is 4.90 Å². The molecule has 29 heavy (non-hydrogen) atoms. The number of esters is 1. The maximum Gasteiger partial charge on any atom is 0.348 e. The van der Waals surface area contributed by atoms with Gasteiger partial charge in [-0.25, -0.2) is 4.79 Å². The molecule has 0 aliphatic carbocycles. The topological polar surface area (TPSA) is 117 Å². The molecule has 1 aliphatic rings. The third-order valence-electron chi connectivity index (χ3n) is 4.54. The molecule has 1 fully saturated rings. The van der Waals surface area contributed by atoms with Crippen LogP contribution in [0.25, 0.3) is 0 Å². The third kappa shape index (κ3) is 5.40. The molecule has 9 heteroatoms. The lowest BCUT2D eigenvalue weighted by molar-refractivity contribution is -0.117. The second kappa shape index (κ2) is 9.95. The average Bonchev–Trinajstić information content (AvgIpc) is 3.33. The highest BCUT2D eigenvalue weighted by atomic mass is 32.1. The molecule has 1 atom stereocenters. The zero-order valence-corrected chi connectivity index (χ0v) is 16.5. The number of rotatable bonds is 9. The Morgan fingerprint density at radius 3 is 2.66 bits per heavy atom. The van der Waals surface area contributed by atoms with E-state index in [4.69, 9.17) is 14.6 Å². The smallest absolute Gasteiger partial charge is 0.348 e. The van der Waals surface area contributed by atoms with Gasteiger partial charge >= 0.3 is 5.97 Å². The van der Waals surface area contributed by atoms with E-state index in [2.05, 4.69) is 0 Å². The zero-order valence-electron chi connectivity index (χ0n) is 15.7. The Labute approximate surface area is 171 Å². The lowest BCUT2D eigenvalue weighted by Crippen LogP contribution is -2.36. The van der Waals surface area contributed by atoms with Crippen LogP contribution in [0.4, 0.5) is 5.69 Å². The highest BCUT2D eigenvalue weighted by Gasteiger charge is 2.32. The van der Waals surface area contributed by atoms with Gasteiger partial charge in [0.1, 0.15) is 11.5 Å². The minimum atomic E-state index is -1.55. The van der Waals surface area contributed by atoms with E-state index >= 15 is 0 Å². The van der Waals surface area contributed by atoms with Crippen molar-refractivity contribution in [1.82, 2.24) is 0 Å². The fourth-order valence-electron chi connectivity index (χ4n) is 3.13. The number of anilines is 1. The van der Waals surface area contributed by atoms with Gasteiger partial charge in [0, 0.05) is 22.5 Å². The Kier molecular flexibility index (Phi) is 7.34. The van der Waals surface area contributed by atoms with Crippen LogP contribution in [0, 0.1) is 0 Å². The molecule has 1 aromatic carbocycles. The van der Waals surface area contributed by atoms with Gasteiger partial charge in [0.15, 0.2) is 6.29 Å². The van der Waals surface area contributed by atoms with Crippen molar-refractivity contribution >= 4 is 28.9 Å². The molecule has 1 saturated heterocycles. The normalized spacial score (nSPS) is 16.6. The van der Waals surface area contributed by atoms with E-state index in [-0.39, 0.29) is 25.2 Å². The molecule has 1 amide bonds. The molecular formula is C20H23NO7S. The number of hydrogen-bond acceptors (Lipinski definition) is 8. The van der Waals surface area contributed by atoms with Crippen molar-refractivity contribution in [3.05, 3.63) is 51.7 Å². The Balaban J connectivity index is 1.55. The maximum absolute atomic E-state index is 12.3. The number of amides is 1. The van der Waals surface area contributed by atoms with Crippen molar-refractivity contribution in [2.45, 2.75) is 31.8 Å². The molecule has 2 heterocycles. The van der Waals surface area contributed by atoms with Gasteiger partial charge in [-0.2, -0.15) is 0 Å². The summed E-state index contributed by atoms with van der Waals surface area (Å²) in [5.74, 6) is -0.472. The molecule has 0 saturated carbocycles. The van der Waals surface area contributed by atoms with Crippen molar-refractivity contribution in [3.63, 3.8) is 0 Å². The molecule has 156 valence electrons. The van der Waals surface area contributed by atoms with Crippen LogP contribution in [0.5, 0.6) is 0 Å². The molecule has 1 aromatic heterocycles. The number of nitrogens with zero attached hydrogens (tertiary/aromatic N) is 1. The van der Waals surface area contributed by atoms with Crippen LogP contribution in [0.2, 0.25) is 0 Å². The second-order valence-corrected chi connectivity index (χ2v) is 7.73. The minimum absolute atomic E-state index is 0.000866. The molecule has 1 unspecified atom stereocenters. The summed E-state index contributed by atoms with van der Waals surface area (Å²) in [4.78, 5) is 27.1. The van der Waals surface area contributed by atoms with Gasteiger partial charge in [-0.05, 0) is 30.7 Å². The Hall–Kier alpha value is -2.30. The molecule has 2 aromatic rings. The summed E-state index contributed by atoms with van der Waals surface area (Å²) in [6, 6.07) is 9.87. The largest absolute Gasteiger partial charge is 0.459 e. The first-order valence-corrected chi connectivity index (χ1v) is 10.0. The number of aliphatic hydroxyl groups excluding tert-OH is 2.